The number of nitrogens with zero attached hydrogens (tertiary/aromatic N) is 1. The molecule has 1 unspecified atom stereocenters. The number of rotatable bonds is 6. The van der Waals surface area contributed by atoms with Gasteiger partial charge in [-0.15, -0.1) is 0 Å². The highest BCUT2D eigenvalue weighted by Crippen LogP contribution is 2.27. The van der Waals surface area contributed by atoms with Crippen molar-refractivity contribution in [1.82, 2.24) is 10.2 Å². The van der Waals surface area contributed by atoms with E-state index in [2.05, 4.69) is 5.32 Å². The molecule has 1 fully saturated rings. The minimum Gasteiger partial charge on any atom is -0.325 e. The Labute approximate surface area is 164 Å². The van der Waals surface area contributed by atoms with Gasteiger partial charge in [-0.05, 0) is 16.7 Å². The van der Waals surface area contributed by atoms with E-state index in [0.717, 1.165) is 16.7 Å². The van der Waals surface area contributed by atoms with Crippen LogP contribution in [0.15, 0.2) is 91.0 Å². The van der Waals surface area contributed by atoms with Crippen LogP contribution in [0.2, 0.25) is 0 Å². The van der Waals surface area contributed by atoms with E-state index in [1.807, 2.05) is 91.0 Å². The second kappa shape index (κ2) is 8.09. The molecule has 0 saturated carbocycles. The topological polar surface area (TPSA) is 49.4 Å². The molecule has 0 aliphatic carbocycles. The molecule has 1 heterocycles. The van der Waals surface area contributed by atoms with Gasteiger partial charge in [0.25, 0.3) is 5.91 Å². The Morgan fingerprint density at radius 3 is 1.79 bits per heavy atom. The maximum absolute atomic E-state index is 13.0. The van der Waals surface area contributed by atoms with Crippen LogP contribution < -0.4 is 5.32 Å². The van der Waals surface area contributed by atoms with Gasteiger partial charge < -0.3 is 5.32 Å². The van der Waals surface area contributed by atoms with Crippen LogP contribution in [0.4, 0.5) is 4.79 Å². The van der Waals surface area contributed by atoms with Crippen molar-refractivity contribution >= 4 is 11.9 Å². The summed E-state index contributed by atoms with van der Waals surface area (Å²) in [6.45, 7) is 0.323. The molecule has 140 valence electrons. The Bertz CT molecular complexity index is 903. The smallest absolute Gasteiger partial charge is 0.324 e. The highest BCUT2D eigenvalue weighted by atomic mass is 16.2. The number of nitrogens with one attached hydrogen (secondary N) is 1. The van der Waals surface area contributed by atoms with E-state index in [1.165, 1.54) is 4.90 Å². The molecule has 3 aromatic carbocycles. The second-order valence-electron chi connectivity index (χ2n) is 7.01. The molecular weight excluding hydrogens is 348 g/mol. The van der Waals surface area contributed by atoms with E-state index < -0.39 is 6.04 Å². The van der Waals surface area contributed by atoms with E-state index >= 15 is 0 Å². The van der Waals surface area contributed by atoms with Crippen molar-refractivity contribution in [2.45, 2.75) is 18.4 Å². The number of amides is 3. The van der Waals surface area contributed by atoms with Crippen molar-refractivity contribution in [2.75, 3.05) is 6.54 Å². The first-order chi connectivity index (χ1) is 13.7. The summed E-state index contributed by atoms with van der Waals surface area (Å²) in [5, 5.41) is 2.85. The summed E-state index contributed by atoms with van der Waals surface area (Å²) >= 11 is 0. The zero-order valence-corrected chi connectivity index (χ0v) is 15.5. The summed E-state index contributed by atoms with van der Waals surface area (Å²) in [5.74, 6) is -0.224. The molecule has 1 saturated heterocycles. The zero-order chi connectivity index (χ0) is 19.3. The van der Waals surface area contributed by atoms with Crippen LogP contribution in [-0.4, -0.2) is 29.4 Å². The quantitative estimate of drug-likeness (QED) is 0.667. The van der Waals surface area contributed by atoms with E-state index in [1.54, 1.807) is 0 Å². The Morgan fingerprint density at radius 1 is 0.750 bits per heavy atom. The number of hydrogen-bond donors (Lipinski definition) is 1. The lowest BCUT2D eigenvalue weighted by Gasteiger charge is -2.23. The molecule has 4 rings (SSSR count). The number of benzene rings is 3. The van der Waals surface area contributed by atoms with Crippen molar-refractivity contribution in [3.05, 3.63) is 108 Å². The molecule has 0 spiro atoms. The summed E-state index contributed by atoms with van der Waals surface area (Å²) in [7, 11) is 0. The lowest BCUT2D eigenvalue weighted by atomic mass is 9.91. The lowest BCUT2D eigenvalue weighted by molar-refractivity contribution is -0.127. The third-order valence-electron chi connectivity index (χ3n) is 5.16. The molecule has 0 bridgehead atoms. The minimum absolute atomic E-state index is 0.0624. The standard InChI is InChI=1S/C24H22N2O2/c27-23-22(16-18-10-4-1-5-11-18)25-24(28)26(23)17-21(19-12-6-2-7-13-19)20-14-8-3-9-15-20/h1-15,21-22H,16-17H2,(H,25,28). The Hall–Kier alpha value is -3.40. The van der Waals surface area contributed by atoms with Crippen molar-refractivity contribution in [2.24, 2.45) is 0 Å². The van der Waals surface area contributed by atoms with E-state index in [4.69, 9.17) is 0 Å². The predicted octanol–water partition coefficient (Wildman–Crippen LogP) is 3.98. The highest BCUT2D eigenvalue weighted by Gasteiger charge is 2.39. The van der Waals surface area contributed by atoms with Crippen molar-refractivity contribution in [3.8, 4) is 0 Å². The van der Waals surface area contributed by atoms with Crippen molar-refractivity contribution < 1.29 is 9.59 Å². The molecule has 3 amide bonds. The van der Waals surface area contributed by atoms with Crippen LogP contribution in [-0.2, 0) is 11.2 Å². The van der Waals surface area contributed by atoms with Gasteiger partial charge in [-0.25, -0.2) is 4.79 Å². The fraction of sp³-hybridized carbons (Fsp3) is 0.167. The molecule has 0 radical (unpaired) electrons. The maximum Gasteiger partial charge on any atom is 0.324 e. The summed E-state index contributed by atoms with van der Waals surface area (Å²) in [6, 6.07) is 29.0. The van der Waals surface area contributed by atoms with Gasteiger partial charge in [0, 0.05) is 18.9 Å². The predicted molar refractivity (Wildman–Crippen MR) is 109 cm³/mol. The fourth-order valence-corrected chi connectivity index (χ4v) is 3.69. The van der Waals surface area contributed by atoms with Crippen LogP contribution >= 0.6 is 0 Å². The number of urea groups is 1. The summed E-state index contributed by atoms with van der Waals surface area (Å²) in [6.07, 6.45) is 0.503. The van der Waals surface area contributed by atoms with Gasteiger partial charge in [0.05, 0.1) is 0 Å². The molecule has 3 aromatic rings. The maximum atomic E-state index is 13.0. The van der Waals surface area contributed by atoms with Crippen molar-refractivity contribution in [1.29, 1.82) is 0 Å². The fourth-order valence-electron chi connectivity index (χ4n) is 3.69. The Balaban J connectivity index is 1.56. The monoisotopic (exact) mass is 370 g/mol. The van der Waals surface area contributed by atoms with Gasteiger partial charge in [-0.3, -0.25) is 9.69 Å². The first kappa shape index (κ1) is 18.0. The SMILES string of the molecule is O=C1NC(Cc2ccccc2)C(=O)N1CC(c1ccccc1)c1ccccc1. The highest BCUT2D eigenvalue weighted by molar-refractivity contribution is 6.04. The van der Waals surface area contributed by atoms with Crippen LogP contribution in [0.25, 0.3) is 0 Å². The third-order valence-corrected chi connectivity index (χ3v) is 5.16. The summed E-state index contributed by atoms with van der Waals surface area (Å²) in [5.41, 5.74) is 3.20. The largest absolute Gasteiger partial charge is 0.325 e. The average molecular weight is 370 g/mol. The van der Waals surface area contributed by atoms with Crippen LogP contribution in [0.3, 0.4) is 0 Å². The molecule has 4 nitrogen and oxygen atoms in total. The first-order valence-electron chi connectivity index (χ1n) is 9.48. The third kappa shape index (κ3) is 3.81. The summed E-state index contributed by atoms with van der Waals surface area (Å²) in [4.78, 5) is 26.9. The Morgan fingerprint density at radius 2 is 1.25 bits per heavy atom. The first-order valence-corrected chi connectivity index (χ1v) is 9.48. The van der Waals surface area contributed by atoms with Crippen molar-refractivity contribution in [3.63, 3.8) is 0 Å². The van der Waals surface area contributed by atoms with Gasteiger partial charge in [-0.1, -0.05) is 91.0 Å². The molecular formula is C24H22N2O2. The number of hydrogen-bond acceptors (Lipinski definition) is 2. The summed E-state index contributed by atoms with van der Waals surface area (Å²) < 4.78 is 0. The van der Waals surface area contributed by atoms with E-state index in [0.29, 0.717) is 13.0 Å². The normalized spacial score (nSPS) is 16.5. The lowest BCUT2D eigenvalue weighted by Crippen LogP contribution is -2.36. The number of carbonyl (C=O) groups excluding carboxylic acids is 2. The molecule has 1 aliphatic heterocycles. The average Bonchev–Trinajstić information content (AvgIpc) is 3.01. The van der Waals surface area contributed by atoms with Gasteiger partial charge in [0.2, 0.25) is 0 Å². The second-order valence-corrected chi connectivity index (χ2v) is 7.01. The molecule has 1 aliphatic rings. The molecule has 4 heteroatoms. The number of carbonyl (C=O) groups is 2. The van der Waals surface area contributed by atoms with E-state index in [-0.39, 0.29) is 17.9 Å². The molecule has 1 atom stereocenters. The van der Waals surface area contributed by atoms with Gasteiger partial charge in [0.1, 0.15) is 6.04 Å². The molecule has 0 aromatic heterocycles. The van der Waals surface area contributed by atoms with Crippen LogP contribution in [0, 0.1) is 0 Å². The molecule has 28 heavy (non-hydrogen) atoms. The Kier molecular flexibility index (Phi) is 5.20. The van der Waals surface area contributed by atoms with Crippen LogP contribution in [0.1, 0.15) is 22.6 Å². The van der Waals surface area contributed by atoms with Gasteiger partial charge >= 0.3 is 6.03 Å². The van der Waals surface area contributed by atoms with Crippen LogP contribution in [0.5, 0.6) is 0 Å². The van der Waals surface area contributed by atoms with E-state index in [9.17, 15) is 9.59 Å². The van der Waals surface area contributed by atoms with Gasteiger partial charge in [-0.2, -0.15) is 0 Å². The minimum atomic E-state index is -0.512. The zero-order valence-electron chi connectivity index (χ0n) is 15.5. The van der Waals surface area contributed by atoms with Gasteiger partial charge in [0.15, 0.2) is 0 Å². The molecule has 1 N–H and O–H groups in total. The number of imide groups is 1.